The highest BCUT2D eigenvalue weighted by Crippen LogP contribution is 2.37. The lowest BCUT2D eigenvalue weighted by atomic mass is 9.95. The number of hydrogen-bond donors (Lipinski definition) is 1. The van der Waals surface area contributed by atoms with E-state index < -0.39 is 6.04 Å². The van der Waals surface area contributed by atoms with Gasteiger partial charge in [0.25, 0.3) is 11.5 Å². The fraction of sp³-hybridized carbons (Fsp3) is 0.114. The van der Waals surface area contributed by atoms with Crippen molar-refractivity contribution < 1.29 is 14.3 Å². The first-order valence-electron chi connectivity index (χ1n) is 14.0. The van der Waals surface area contributed by atoms with Gasteiger partial charge in [0.2, 0.25) is 0 Å². The second-order valence-corrected chi connectivity index (χ2v) is 12.1. The van der Waals surface area contributed by atoms with Gasteiger partial charge in [-0.3, -0.25) is 14.2 Å². The highest BCUT2D eigenvalue weighted by atomic mass is 35.5. The summed E-state index contributed by atoms with van der Waals surface area (Å²) >= 11 is 13.9. The molecule has 0 saturated carbocycles. The van der Waals surface area contributed by atoms with Crippen LogP contribution < -0.4 is 29.7 Å². The molecule has 45 heavy (non-hydrogen) atoms. The minimum absolute atomic E-state index is 0.268. The molecule has 0 saturated heterocycles. The molecule has 0 bridgehead atoms. The van der Waals surface area contributed by atoms with Crippen molar-refractivity contribution in [2.45, 2.75) is 19.6 Å². The number of rotatable bonds is 8. The van der Waals surface area contributed by atoms with Crippen LogP contribution in [-0.4, -0.2) is 17.6 Å². The third kappa shape index (κ3) is 6.44. The summed E-state index contributed by atoms with van der Waals surface area (Å²) in [7, 11) is 1.53. The highest BCUT2D eigenvalue weighted by Gasteiger charge is 2.32. The number of ether oxygens (including phenoxy) is 2. The van der Waals surface area contributed by atoms with Crippen LogP contribution in [0.3, 0.4) is 0 Å². The van der Waals surface area contributed by atoms with Crippen LogP contribution in [0.2, 0.25) is 10.0 Å². The Morgan fingerprint density at radius 1 is 1.00 bits per heavy atom. The molecule has 0 aliphatic carbocycles. The summed E-state index contributed by atoms with van der Waals surface area (Å²) in [6, 6.07) is 28.8. The number of allylic oxidation sites excluding steroid dienone is 1. The van der Waals surface area contributed by atoms with Gasteiger partial charge in [-0.25, -0.2) is 4.99 Å². The van der Waals surface area contributed by atoms with E-state index in [1.54, 1.807) is 41.8 Å². The zero-order valence-corrected chi connectivity index (χ0v) is 26.6. The van der Waals surface area contributed by atoms with E-state index in [4.69, 9.17) is 37.7 Å². The Hall–Kier alpha value is -4.63. The van der Waals surface area contributed by atoms with E-state index in [1.807, 2.05) is 72.8 Å². The van der Waals surface area contributed by atoms with Crippen molar-refractivity contribution in [3.63, 3.8) is 0 Å². The van der Waals surface area contributed by atoms with Gasteiger partial charge in [-0.15, -0.1) is 0 Å². The summed E-state index contributed by atoms with van der Waals surface area (Å²) in [6.45, 7) is 2.06. The number of methoxy groups -OCH3 is 1. The van der Waals surface area contributed by atoms with Gasteiger partial charge in [0.05, 0.1) is 34.0 Å². The van der Waals surface area contributed by atoms with Crippen molar-refractivity contribution in [2.75, 3.05) is 12.4 Å². The number of aromatic nitrogens is 1. The molecule has 6 rings (SSSR count). The largest absolute Gasteiger partial charge is 0.493 e. The molecule has 4 aromatic carbocycles. The lowest BCUT2D eigenvalue weighted by Gasteiger charge is -2.25. The molecule has 5 aromatic rings. The highest BCUT2D eigenvalue weighted by molar-refractivity contribution is 7.07. The summed E-state index contributed by atoms with van der Waals surface area (Å²) in [5.41, 5.74) is 3.68. The molecule has 2 heterocycles. The van der Waals surface area contributed by atoms with Crippen LogP contribution in [0.15, 0.2) is 118 Å². The Balaban J connectivity index is 1.39. The molecule has 7 nitrogen and oxygen atoms in total. The summed E-state index contributed by atoms with van der Waals surface area (Å²) in [6.07, 6.45) is 1.74. The van der Waals surface area contributed by atoms with Crippen LogP contribution in [0, 0.1) is 0 Å². The summed E-state index contributed by atoms with van der Waals surface area (Å²) in [5.74, 6) is 0.492. The molecule has 1 aliphatic heterocycles. The molecule has 1 aromatic heterocycles. The number of halogens is 2. The number of anilines is 1. The van der Waals surface area contributed by atoms with E-state index in [9.17, 15) is 9.59 Å². The normalized spacial score (nSPS) is 14.5. The zero-order chi connectivity index (χ0) is 31.5. The van der Waals surface area contributed by atoms with E-state index >= 15 is 0 Å². The lowest BCUT2D eigenvalue weighted by Crippen LogP contribution is -2.40. The maximum atomic E-state index is 14.1. The standard InChI is InChI=1S/C35H27Cl2N3O4S/c1-21-30(33(41)39-26-11-7-4-8-12-26)31(24-9-5-3-6-10-24)40-34(42)29(45-35(40)38-21)19-23-17-27(37)32(28(18-23)43-2)44-20-22-13-15-25(36)16-14-22/h3-19,31H,20H2,1-2H3,(H,39,41)/b29-19-/t31-/m0/s1. The van der Waals surface area contributed by atoms with Gasteiger partial charge in [0.1, 0.15) is 6.61 Å². The van der Waals surface area contributed by atoms with Gasteiger partial charge in [0, 0.05) is 10.7 Å². The third-order valence-corrected chi connectivity index (χ3v) is 8.77. The molecule has 1 atom stereocenters. The van der Waals surface area contributed by atoms with E-state index in [0.29, 0.717) is 53.4 Å². The number of para-hydroxylation sites is 1. The maximum absolute atomic E-state index is 14.1. The number of carbonyl (C=O) groups is 1. The summed E-state index contributed by atoms with van der Waals surface area (Å²) < 4.78 is 13.6. The minimum atomic E-state index is -0.671. The van der Waals surface area contributed by atoms with Crippen molar-refractivity contribution in [1.29, 1.82) is 0 Å². The number of nitrogens with zero attached hydrogens (tertiary/aromatic N) is 2. The van der Waals surface area contributed by atoms with Crippen LogP contribution in [0.5, 0.6) is 11.5 Å². The molecule has 0 unspecified atom stereocenters. The van der Waals surface area contributed by atoms with Crippen LogP contribution in [0.25, 0.3) is 6.08 Å². The van der Waals surface area contributed by atoms with Crippen LogP contribution in [0.4, 0.5) is 5.69 Å². The zero-order valence-electron chi connectivity index (χ0n) is 24.3. The van der Waals surface area contributed by atoms with Crippen molar-refractivity contribution in [3.05, 3.63) is 155 Å². The van der Waals surface area contributed by atoms with Gasteiger partial charge >= 0.3 is 0 Å². The quantitative estimate of drug-likeness (QED) is 0.200. The topological polar surface area (TPSA) is 81.9 Å². The van der Waals surface area contributed by atoms with Gasteiger partial charge in [0.15, 0.2) is 16.3 Å². The van der Waals surface area contributed by atoms with Gasteiger partial charge in [-0.05, 0) is 66.1 Å². The van der Waals surface area contributed by atoms with Crippen LogP contribution >= 0.6 is 34.5 Å². The van der Waals surface area contributed by atoms with E-state index in [1.165, 1.54) is 18.4 Å². The number of thiazole rings is 1. The second-order valence-electron chi connectivity index (χ2n) is 10.3. The molecule has 0 radical (unpaired) electrons. The van der Waals surface area contributed by atoms with Gasteiger partial charge < -0.3 is 14.8 Å². The first-order chi connectivity index (χ1) is 21.8. The molecule has 1 amide bonds. The van der Waals surface area contributed by atoms with E-state index in [0.717, 1.165) is 11.1 Å². The summed E-state index contributed by atoms with van der Waals surface area (Å²) in [4.78, 5) is 32.9. The molecule has 226 valence electrons. The maximum Gasteiger partial charge on any atom is 0.271 e. The number of fused-ring (bicyclic) bond motifs is 1. The average Bonchev–Trinajstić information content (AvgIpc) is 3.34. The van der Waals surface area contributed by atoms with Crippen molar-refractivity contribution in [2.24, 2.45) is 4.99 Å². The molecule has 1 N–H and O–H groups in total. The first kappa shape index (κ1) is 30.4. The SMILES string of the molecule is COc1cc(/C=c2\sc3n(c2=O)[C@@H](c2ccccc2)C(C(=O)Nc2ccccc2)=C(C)N=3)cc(Cl)c1OCc1ccc(Cl)cc1. The molecule has 1 aliphatic rings. The van der Waals surface area contributed by atoms with Crippen LogP contribution in [0.1, 0.15) is 29.7 Å². The third-order valence-electron chi connectivity index (χ3n) is 7.26. The Labute approximate surface area is 273 Å². The minimum Gasteiger partial charge on any atom is -0.493 e. The number of benzene rings is 4. The predicted octanol–water partition coefficient (Wildman–Crippen LogP) is 6.77. The number of nitrogens with one attached hydrogen (secondary N) is 1. The lowest BCUT2D eigenvalue weighted by molar-refractivity contribution is -0.113. The van der Waals surface area contributed by atoms with Gasteiger partial charge in [-0.2, -0.15) is 0 Å². The van der Waals surface area contributed by atoms with Crippen molar-refractivity contribution >= 4 is 52.2 Å². The summed E-state index contributed by atoms with van der Waals surface area (Å²) in [5, 5.41) is 3.94. The monoisotopic (exact) mass is 655 g/mol. The average molecular weight is 657 g/mol. The predicted molar refractivity (Wildman–Crippen MR) is 179 cm³/mol. The molecule has 10 heteroatoms. The fourth-order valence-corrected chi connectivity index (χ4v) is 6.58. The number of amides is 1. The smallest absolute Gasteiger partial charge is 0.271 e. The number of hydrogen-bond acceptors (Lipinski definition) is 6. The Morgan fingerprint density at radius 3 is 2.38 bits per heavy atom. The van der Waals surface area contributed by atoms with Crippen LogP contribution in [-0.2, 0) is 11.4 Å². The fourth-order valence-electron chi connectivity index (χ4n) is 5.13. The van der Waals surface area contributed by atoms with Crippen molar-refractivity contribution in [3.8, 4) is 11.5 Å². The van der Waals surface area contributed by atoms with E-state index in [2.05, 4.69) is 5.32 Å². The van der Waals surface area contributed by atoms with Gasteiger partial charge in [-0.1, -0.05) is 95.2 Å². The molecule has 0 fully saturated rings. The Bertz CT molecular complexity index is 2090. The first-order valence-corrected chi connectivity index (χ1v) is 15.6. The number of carbonyl (C=O) groups excluding carboxylic acids is 1. The Morgan fingerprint density at radius 2 is 1.69 bits per heavy atom. The van der Waals surface area contributed by atoms with Crippen molar-refractivity contribution in [1.82, 2.24) is 4.57 Å². The second kappa shape index (κ2) is 13.2. The van der Waals surface area contributed by atoms with E-state index in [-0.39, 0.29) is 18.1 Å². The Kier molecular flexibility index (Phi) is 8.89. The molecular weight excluding hydrogens is 629 g/mol. The molecular formula is C35H27Cl2N3O4S. The molecule has 0 spiro atoms.